The number of fused-ring (bicyclic) bond motifs is 3. The summed E-state index contributed by atoms with van der Waals surface area (Å²) in [5.41, 5.74) is 3.30. The molecule has 1 amide bonds. The van der Waals surface area contributed by atoms with Gasteiger partial charge in [0.2, 0.25) is 5.91 Å². The molecule has 0 unspecified atom stereocenters. The van der Waals surface area contributed by atoms with Crippen molar-refractivity contribution in [3.05, 3.63) is 53.6 Å². The number of ether oxygens (including phenoxy) is 1. The van der Waals surface area contributed by atoms with Crippen molar-refractivity contribution in [2.75, 3.05) is 26.3 Å². The van der Waals surface area contributed by atoms with Crippen LogP contribution in [0.3, 0.4) is 0 Å². The van der Waals surface area contributed by atoms with Gasteiger partial charge in [0, 0.05) is 36.0 Å². The number of nitrogens with one attached hydrogen (secondary N) is 1. The molecule has 0 saturated carbocycles. The Morgan fingerprint density at radius 2 is 1.92 bits per heavy atom. The van der Waals surface area contributed by atoms with Gasteiger partial charge in [-0.05, 0) is 36.6 Å². The number of morpholine rings is 1. The number of benzene rings is 2. The summed E-state index contributed by atoms with van der Waals surface area (Å²) in [5.74, 6) is 0.0580. The fourth-order valence-corrected chi connectivity index (χ4v) is 3.81. The molecule has 2 aliphatic heterocycles. The summed E-state index contributed by atoms with van der Waals surface area (Å²) in [6.45, 7) is 6.94. The highest BCUT2D eigenvalue weighted by molar-refractivity contribution is 5.98. The second-order valence-electron chi connectivity index (χ2n) is 7.49. The largest absolute Gasteiger partial charge is 0.379 e. The lowest BCUT2D eigenvalue weighted by Crippen LogP contribution is -2.45. The summed E-state index contributed by atoms with van der Waals surface area (Å²) >= 11 is 0. The maximum absolute atomic E-state index is 12.7. The first kappa shape index (κ1) is 16.2. The number of carbonyl (C=O) groups excluding carboxylic acids is 1. The van der Waals surface area contributed by atoms with E-state index in [1.807, 2.05) is 4.90 Å². The average Bonchev–Trinajstić information content (AvgIpc) is 2.61. The third-order valence-electron chi connectivity index (χ3n) is 5.01. The summed E-state index contributed by atoms with van der Waals surface area (Å²) in [6.07, 6.45) is 2.70. The minimum atomic E-state index is -0.0890. The van der Waals surface area contributed by atoms with Gasteiger partial charge in [0.1, 0.15) is 0 Å². The van der Waals surface area contributed by atoms with Crippen LogP contribution in [0.5, 0.6) is 0 Å². The third-order valence-corrected chi connectivity index (χ3v) is 5.01. The van der Waals surface area contributed by atoms with E-state index in [1.54, 1.807) is 6.08 Å². The van der Waals surface area contributed by atoms with E-state index < -0.39 is 0 Å². The van der Waals surface area contributed by atoms with Crippen LogP contribution in [0.4, 0.5) is 0 Å². The van der Waals surface area contributed by atoms with Crippen LogP contribution in [-0.4, -0.2) is 42.6 Å². The highest BCUT2D eigenvalue weighted by Gasteiger charge is 2.29. The van der Waals surface area contributed by atoms with Gasteiger partial charge in [0.15, 0.2) is 0 Å². The van der Waals surface area contributed by atoms with Crippen LogP contribution in [-0.2, 0) is 16.0 Å². The SMILES string of the molecule is CC1(C)Cc2c(ccc3ccccc23)/C(=C/C(=O)N2CCOCC2)N1. The molecule has 2 aromatic carbocycles. The molecule has 0 spiro atoms. The van der Waals surface area contributed by atoms with Crippen molar-refractivity contribution in [3.8, 4) is 0 Å². The smallest absolute Gasteiger partial charge is 0.248 e. The molecule has 2 aliphatic rings. The lowest BCUT2D eigenvalue weighted by Gasteiger charge is -2.36. The first-order chi connectivity index (χ1) is 12.0. The Balaban J connectivity index is 1.78. The van der Waals surface area contributed by atoms with E-state index in [-0.39, 0.29) is 11.4 Å². The molecule has 1 saturated heterocycles. The summed E-state index contributed by atoms with van der Waals surface area (Å²) in [7, 11) is 0. The number of hydrogen-bond donors (Lipinski definition) is 1. The molecular weight excluding hydrogens is 312 g/mol. The molecule has 4 heteroatoms. The molecule has 1 N–H and O–H groups in total. The van der Waals surface area contributed by atoms with Crippen molar-refractivity contribution in [1.82, 2.24) is 10.2 Å². The van der Waals surface area contributed by atoms with Gasteiger partial charge in [-0.25, -0.2) is 0 Å². The second-order valence-corrected chi connectivity index (χ2v) is 7.49. The number of nitrogens with zero attached hydrogens (tertiary/aromatic N) is 1. The number of rotatable bonds is 1. The monoisotopic (exact) mass is 336 g/mol. The quantitative estimate of drug-likeness (QED) is 0.814. The van der Waals surface area contributed by atoms with Crippen molar-refractivity contribution in [2.24, 2.45) is 0 Å². The topological polar surface area (TPSA) is 41.6 Å². The number of amides is 1. The molecule has 0 aromatic heterocycles. The van der Waals surface area contributed by atoms with Gasteiger partial charge in [0.05, 0.1) is 13.2 Å². The predicted octanol–water partition coefficient (Wildman–Crippen LogP) is 2.96. The Morgan fingerprint density at radius 3 is 2.72 bits per heavy atom. The fraction of sp³-hybridized carbons (Fsp3) is 0.381. The molecule has 0 aliphatic carbocycles. The molecule has 4 nitrogen and oxygen atoms in total. The standard InChI is InChI=1S/C21H24N2O2/c1-21(2)14-18-16-6-4-3-5-15(16)7-8-17(18)19(22-21)13-20(24)23-9-11-25-12-10-23/h3-8,13,22H,9-12,14H2,1-2H3/b19-13-. The van der Waals surface area contributed by atoms with Crippen molar-refractivity contribution in [2.45, 2.75) is 25.8 Å². The zero-order chi connectivity index (χ0) is 17.4. The lowest BCUT2D eigenvalue weighted by atomic mass is 9.83. The molecular formula is C21H24N2O2. The first-order valence-electron chi connectivity index (χ1n) is 8.91. The second kappa shape index (κ2) is 6.19. The number of carbonyl (C=O) groups is 1. The Kier molecular flexibility index (Phi) is 4.00. The molecule has 0 bridgehead atoms. The minimum absolute atomic E-state index is 0.0580. The van der Waals surface area contributed by atoms with E-state index in [0.29, 0.717) is 26.3 Å². The lowest BCUT2D eigenvalue weighted by molar-refractivity contribution is -0.129. The highest BCUT2D eigenvalue weighted by atomic mass is 16.5. The molecule has 0 atom stereocenters. The van der Waals surface area contributed by atoms with Gasteiger partial charge in [-0.2, -0.15) is 0 Å². The van der Waals surface area contributed by atoms with Crippen LogP contribution in [0.1, 0.15) is 25.0 Å². The summed E-state index contributed by atoms with van der Waals surface area (Å²) < 4.78 is 5.35. The number of hydrogen-bond acceptors (Lipinski definition) is 3. The Labute approximate surface area is 148 Å². The molecule has 2 heterocycles. The van der Waals surface area contributed by atoms with Crippen molar-refractivity contribution < 1.29 is 9.53 Å². The molecule has 0 radical (unpaired) electrons. The van der Waals surface area contributed by atoms with Crippen LogP contribution in [0.15, 0.2) is 42.5 Å². The molecule has 130 valence electrons. The van der Waals surface area contributed by atoms with Gasteiger partial charge in [-0.1, -0.05) is 36.4 Å². The normalized spacial score (nSPS) is 21.0. The molecule has 4 rings (SSSR count). The highest BCUT2D eigenvalue weighted by Crippen LogP contribution is 2.34. The minimum Gasteiger partial charge on any atom is -0.379 e. The van der Waals surface area contributed by atoms with Gasteiger partial charge in [0.25, 0.3) is 0 Å². The summed E-state index contributed by atoms with van der Waals surface area (Å²) in [6, 6.07) is 12.8. The van der Waals surface area contributed by atoms with E-state index in [4.69, 9.17) is 4.74 Å². The van der Waals surface area contributed by atoms with Gasteiger partial charge >= 0.3 is 0 Å². The zero-order valence-corrected chi connectivity index (χ0v) is 14.8. The van der Waals surface area contributed by atoms with E-state index >= 15 is 0 Å². The fourth-order valence-electron chi connectivity index (χ4n) is 3.81. The summed E-state index contributed by atoms with van der Waals surface area (Å²) in [5, 5.41) is 6.09. The third kappa shape index (κ3) is 3.14. The van der Waals surface area contributed by atoms with Crippen molar-refractivity contribution >= 4 is 22.4 Å². The van der Waals surface area contributed by atoms with E-state index in [1.165, 1.54) is 16.3 Å². The average molecular weight is 336 g/mol. The molecule has 2 aromatic rings. The Bertz CT molecular complexity index is 848. The maximum atomic E-state index is 12.7. The summed E-state index contributed by atoms with van der Waals surface area (Å²) in [4.78, 5) is 14.6. The van der Waals surface area contributed by atoms with Gasteiger partial charge in [-0.3, -0.25) is 4.79 Å². The van der Waals surface area contributed by atoms with Crippen LogP contribution < -0.4 is 5.32 Å². The zero-order valence-electron chi connectivity index (χ0n) is 14.8. The van der Waals surface area contributed by atoms with Crippen molar-refractivity contribution in [1.29, 1.82) is 0 Å². The Morgan fingerprint density at radius 1 is 1.16 bits per heavy atom. The predicted molar refractivity (Wildman–Crippen MR) is 100 cm³/mol. The van der Waals surface area contributed by atoms with E-state index in [0.717, 1.165) is 17.7 Å². The van der Waals surface area contributed by atoms with E-state index in [2.05, 4.69) is 55.6 Å². The van der Waals surface area contributed by atoms with Crippen LogP contribution >= 0.6 is 0 Å². The molecule has 1 fully saturated rings. The van der Waals surface area contributed by atoms with E-state index in [9.17, 15) is 4.79 Å². The maximum Gasteiger partial charge on any atom is 0.248 e. The molecule has 25 heavy (non-hydrogen) atoms. The van der Waals surface area contributed by atoms with Gasteiger partial charge in [-0.15, -0.1) is 0 Å². The van der Waals surface area contributed by atoms with Crippen molar-refractivity contribution in [3.63, 3.8) is 0 Å². The van der Waals surface area contributed by atoms with Gasteiger partial charge < -0.3 is 15.0 Å². The Hall–Kier alpha value is -2.33. The van der Waals surface area contributed by atoms with Crippen LogP contribution in [0, 0.1) is 0 Å². The van der Waals surface area contributed by atoms with Crippen LogP contribution in [0.25, 0.3) is 16.5 Å². The first-order valence-corrected chi connectivity index (χ1v) is 8.91. The van der Waals surface area contributed by atoms with Crippen LogP contribution in [0.2, 0.25) is 0 Å².